The fourth-order valence-corrected chi connectivity index (χ4v) is 2.51. The van der Waals surface area contributed by atoms with Crippen molar-refractivity contribution in [3.05, 3.63) is 83.2 Å². The summed E-state index contributed by atoms with van der Waals surface area (Å²) in [5.74, 6) is -1.25. The Balaban J connectivity index is 2.26. The zero-order chi connectivity index (χ0) is 20.9. The zero-order valence-corrected chi connectivity index (χ0v) is 15.6. The van der Waals surface area contributed by atoms with Gasteiger partial charge in [0, 0.05) is 25.5 Å². The van der Waals surface area contributed by atoms with Crippen LogP contribution in [0.2, 0.25) is 0 Å². The van der Waals surface area contributed by atoms with E-state index in [1.165, 1.54) is 25.1 Å². The summed E-state index contributed by atoms with van der Waals surface area (Å²) in [4.78, 5) is 13.7. The van der Waals surface area contributed by atoms with Gasteiger partial charge in [-0.2, -0.15) is 13.2 Å². The van der Waals surface area contributed by atoms with Crippen molar-refractivity contribution in [2.75, 3.05) is 19.4 Å². The van der Waals surface area contributed by atoms with E-state index in [2.05, 4.69) is 5.32 Å². The summed E-state index contributed by atoms with van der Waals surface area (Å²) in [7, 11) is 3.28. The molecule has 0 saturated heterocycles. The number of amides is 1. The van der Waals surface area contributed by atoms with E-state index in [1.54, 1.807) is 49.3 Å². The number of hydrogen-bond acceptors (Lipinski definition) is 2. The van der Waals surface area contributed by atoms with Crippen molar-refractivity contribution < 1.29 is 22.4 Å². The Bertz CT molecular complexity index is 897. The first-order valence-corrected chi connectivity index (χ1v) is 8.42. The molecule has 1 N–H and O–H groups in total. The van der Waals surface area contributed by atoms with Crippen LogP contribution in [0, 0.1) is 5.82 Å². The topological polar surface area (TPSA) is 32.3 Å². The second-order valence-electron chi connectivity index (χ2n) is 6.18. The third-order valence-corrected chi connectivity index (χ3v) is 3.97. The maximum atomic E-state index is 13.7. The summed E-state index contributed by atoms with van der Waals surface area (Å²) in [5.41, 5.74) is 0.448. The molecule has 2 aromatic rings. The Morgan fingerprint density at radius 3 is 2.14 bits per heavy atom. The van der Waals surface area contributed by atoms with E-state index in [0.717, 1.165) is 12.2 Å². The molecule has 0 aliphatic heterocycles. The van der Waals surface area contributed by atoms with Gasteiger partial charge in [-0.15, -0.1) is 0 Å². The number of nitrogens with zero attached hydrogens (tertiary/aromatic N) is 1. The summed E-state index contributed by atoms with van der Waals surface area (Å²) in [5, 5.41) is 2.57. The number of carbonyl (C=O) groups is 1. The minimum absolute atomic E-state index is 0.0941. The Morgan fingerprint density at radius 1 is 1.04 bits per heavy atom. The molecule has 0 spiro atoms. The van der Waals surface area contributed by atoms with Gasteiger partial charge < -0.3 is 10.2 Å². The van der Waals surface area contributed by atoms with Crippen molar-refractivity contribution >= 4 is 17.3 Å². The van der Waals surface area contributed by atoms with Crippen molar-refractivity contribution in [3.8, 4) is 0 Å². The Labute approximate surface area is 161 Å². The largest absolute Gasteiger partial charge is 0.416 e. The fourth-order valence-electron chi connectivity index (χ4n) is 2.51. The molecule has 2 aromatic carbocycles. The lowest BCUT2D eigenvalue weighted by molar-refractivity contribution is -0.0883. The quantitative estimate of drug-likeness (QED) is 0.539. The van der Waals surface area contributed by atoms with E-state index < -0.39 is 23.5 Å². The third-order valence-electron chi connectivity index (χ3n) is 3.97. The maximum Gasteiger partial charge on any atom is 0.416 e. The lowest BCUT2D eigenvalue weighted by Crippen LogP contribution is -2.15. The first-order chi connectivity index (χ1) is 13.1. The molecular formula is C21H20F4N2O. The SMILES string of the molecule is C/C=C(\C=C(\c1ccc(NC(=O)c2ccccc2F)cc1)N(C)C)C(F)(F)F. The van der Waals surface area contributed by atoms with Crippen LogP contribution in [0.5, 0.6) is 0 Å². The molecule has 28 heavy (non-hydrogen) atoms. The van der Waals surface area contributed by atoms with Crippen molar-refractivity contribution in [2.24, 2.45) is 0 Å². The van der Waals surface area contributed by atoms with E-state index in [-0.39, 0.29) is 5.56 Å². The van der Waals surface area contributed by atoms with Crippen LogP contribution in [0.15, 0.2) is 66.3 Å². The molecule has 0 aromatic heterocycles. The molecule has 0 atom stereocenters. The van der Waals surface area contributed by atoms with Gasteiger partial charge in [0.2, 0.25) is 0 Å². The number of allylic oxidation sites excluding steroid dienone is 3. The van der Waals surface area contributed by atoms with Crippen molar-refractivity contribution in [3.63, 3.8) is 0 Å². The second-order valence-corrected chi connectivity index (χ2v) is 6.18. The molecule has 1 amide bonds. The predicted molar refractivity (Wildman–Crippen MR) is 102 cm³/mol. The highest BCUT2D eigenvalue weighted by Gasteiger charge is 2.32. The minimum atomic E-state index is -4.45. The number of hydrogen-bond donors (Lipinski definition) is 1. The Kier molecular flexibility index (Phi) is 6.62. The molecular weight excluding hydrogens is 372 g/mol. The minimum Gasteiger partial charge on any atom is -0.377 e. The highest BCUT2D eigenvalue weighted by molar-refractivity contribution is 6.04. The molecule has 3 nitrogen and oxygen atoms in total. The number of halogens is 4. The number of carbonyl (C=O) groups excluding carboxylic acids is 1. The maximum absolute atomic E-state index is 13.7. The summed E-state index contributed by atoms with van der Waals surface area (Å²) in [6, 6.07) is 11.9. The summed E-state index contributed by atoms with van der Waals surface area (Å²) < 4.78 is 52.8. The van der Waals surface area contributed by atoms with Crippen molar-refractivity contribution in [1.82, 2.24) is 4.90 Å². The van der Waals surface area contributed by atoms with E-state index in [9.17, 15) is 22.4 Å². The first kappa shape index (κ1) is 21.2. The molecule has 0 saturated carbocycles. The van der Waals surface area contributed by atoms with E-state index in [0.29, 0.717) is 16.9 Å². The van der Waals surface area contributed by atoms with Gasteiger partial charge in [-0.25, -0.2) is 4.39 Å². The molecule has 0 aliphatic carbocycles. The molecule has 0 fully saturated rings. The van der Waals surface area contributed by atoms with Crippen LogP contribution in [0.3, 0.4) is 0 Å². The van der Waals surface area contributed by atoms with Crippen LogP contribution in [0.25, 0.3) is 5.70 Å². The van der Waals surface area contributed by atoms with Gasteiger partial charge in [0.05, 0.1) is 11.1 Å². The van der Waals surface area contributed by atoms with Gasteiger partial charge in [-0.3, -0.25) is 4.79 Å². The van der Waals surface area contributed by atoms with Crippen LogP contribution in [0.1, 0.15) is 22.8 Å². The molecule has 0 heterocycles. The lowest BCUT2D eigenvalue weighted by atomic mass is 10.1. The van der Waals surface area contributed by atoms with Crippen LogP contribution in [-0.2, 0) is 0 Å². The third kappa shape index (κ3) is 5.22. The first-order valence-electron chi connectivity index (χ1n) is 8.42. The van der Waals surface area contributed by atoms with E-state index in [4.69, 9.17) is 0 Å². The van der Waals surface area contributed by atoms with Gasteiger partial charge in [0.1, 0.15) is 5.82 Å². The molecule has 0 bridgehead atoms. The number of nitrogens with one attached hydrogen (secondary N) is 1. The normalized spacial score (nSPS) is 12.7. The number of rotatable bonds is 5. The molecule has 2 rings (SSSR count). The molecule has 148 valence electrons. The van der Waals surface area contributed by atoms with Gasteiger partial charge >= 0.3 is 6.18 Å². The van der Waals surface area contributed by atoms with Crippen molar-refractivity contribution in [1.29, 1.82) is 0 Å². The van der Waals surface area contributed by atoms with E-state index >= 15 is 0 Å². The van der Waals surface area contributed by atoms with Crippen LogP contribution < -0.4 is 5.32 Å². The average molecular weight is 392 g/mol. The second kappa shape index (κ2) is 8.73. The summed E-state index contributed by atoms with van der Waals surface area (Å²) in [6.07, 6.45) is -2.39. The van der Waals surface area contributed by atoms with Gasteiger partial charge in [0.15, 0.2) is 0 Å². The molecule has 7 heteroatoms. The summed E-state index contributed by atoms with van der Waals surface area (Å²) in [6.45, 7) is 1.33. The number of alkyl halides is 3. The Morgan fingerprint density at radius 2 is 1.64 bits per heavy atom. The van der Waals surface area contributed by atoms with Crippen LogP contribution in [-0.4, -0.2) is 31.1 Å². The zero-order valence-electron chi connectivity index (χ0n) is 15.6. The molecule has 0 radical (unpaired) electrons. The van der Waals surface area contributed by atoms with Gasteiger partial charge in [-0.1, -0.05) is 30.3 Å². The summed E-state index contributed by atoms with van der Waals surface area (Å²) >= 11 is 0. The number of anilines is 1. The van der Waals surface area contributed by atoms with Crippen LogP contribution >= 0.6 is 0 Å². The molecule has 0 unspecified atom stereocenters. The van der Waals surface area contributed by atoms with Crippen molar-refractivity contribution in [2.45, 2.75) is 13.1 Å². The average Bonchev–Trinajstić information content (AvgIpc) is 2.62. The Hall–Kier alpha value is -3.09. The lowest BCUT2D eigenvalue weighted by Gasteiger charge is -2.19. The molecule has 0 aliphatic rings. The van der Waals surface area contributed by atoms with Gasteiger partial charge in [0.25, 0.3) is 5.91 Å². The van der Waals surface area contributed by atoms with Gasteiger partial charge in [-0.05, 0) is 42.8 Å². The van der Waals surface area contributed by atoms with E-state index in [1.807, 2.05) is 0 Å². The predicted octanol–water partition coefficient (Wildman–Crippen LogP) is 5.49. The highest BCUT2D eigenvalue weighted by atomic mass is 19.4. The monoisotopic (exact) mass is 392 g/mol. The number of benzene rings is 2. The standard InChI is InChI=1S/C21H20F4N2O/c1-4-15(21(23,24)25)13-19(27(2)3)14-9-11-16(12-10-14)26-20(28)17-7-5-6-8-18(17)22/h4-13H,1-3H3,(H,26,28)/b15-4+,19-13-. The fraction of sp³-hybridized carbons (Fsp3) is 0.190. The smallest absolute Gasteiger partial charge is 0.377 e. The highest BCUT2D eigenvalue weighted by Crippen LogP contribution is 2.30. The van der Waals surface area contributed by atoms with Crippen LogP contribution in [0.4, 0.5) is 23.2 Å².